The van der Waals surface area contributed by atoms with E-state index in [1.54, 1.807) is 0 Å². The molecule has 0 amide bonds. The molecule has 1 heteroatoms. The minimum Gasteiger partial charge on any atom is -0.306 e. The first kappa shape index (κ1) is 11.0. The molecule has 0 aliphatic rings. The molecule has 68 valence electrons. The lowest BCUT2D eigenvalue weighted by Gasteiger charge is -2.29. The van der Waals surface area contributed by atoms with Gasteiger partial charge in [0.05, 0.1) is 0 Å². The number of nitrogens with zero attached hydrogens (tertiary/aromatic N) is 1. The third kappa shape index (κ3) is 5.25. The highest BCUT2D eigenvalue weighted by Crippen LogP contribution is 2.23. The first-order valence-electron chi connectivity index (χ1n) is 4.53. The zero-order valence-electron chi connectivity index (χ0n) is 8.94. The van der Waals surface area contributed by atoms with E-state index in [1.165, 1.54) is 12.8 Å². The molecular weight excluding hydrogens is 134 g/mol. The van der Waals surface area contributed by atoms with Crippen LogP contribution in [0.15, 0.2) is 0 Å². The Morgan fingerprint density at radius 3 is 1.73 bits per heavy atom. The van der Waals surface area contributed by atoms with Crippen molar-refractivity contribution in [2.24, 2.45) is 5.41 Å². The summed E-state index contributed by atoms with van der Waals surface area (Å²) in [5.74, 6) is 0. The van der Waals surface area contributed by atoms with E-state index >= 15 is 0 Å². The van der Waals surface area contributed by atoms with E-state index in [0.717, 1.165) is 6.04 Å². The van der Waals surface area contributed by atoms with E-state index in [0.29, 0.717) is 5.41 Å². The van der Waals surface area contributed by atoms with Crippen LogP contribution in [0.25, 0.3) is 0 Å². The molecule has 1 nitrogen and oxygen atoms in total. The molecule has 1 unspecified atom stereocenters. The van der Waals surface area contributed by atoms with E-state index in [4.69, 9.17) is 0 Å². The van der Waals surface area contributed by atoms with Crippen molar-refractivity contribution in [3.8, 4) is 0 Å². The first-order chi connectivity index (χ1) is 4.87. The van der Waals surface area contributed by atoms with Gasteiger partial charge in [0, 0.05) is 6.04 Å². The van der Waals surface area contributed by atoms with Crippen molar-refractivity contribution in [1.82, 2.24) is 4.90 Å². The molecule has 0 radical (unpaired) electrons. The summed E-state index contributed by atoms with van der Waals surface area (Å²) >= 11 is 0. The molecule has 0 aliphatic carbocycles. The molecule has 0 heterocycles. The van der Waals surface area contributed by atoms with E-state index in [2.05, 4.69) is 46.7 Å². The molecule has 0 bridgehead atoms. The predicted molar refractivity (Wildman–Crippen MR) is 51.8 cm³/mol. The minimum atomic E-state index is 0.463. The Bertz CT molecular complexity index is 99.9. The summed E-state index contributed by atoms with van der Waals surface area (Å²) in [5, 5.41) is 0. The fourth-order valence-electron chi connectivity index (χ4n) is 1.40. The molecule has 0 saturated heterocycles. The fraction of sp³-hybridized carbons (Fsp3) is 1.00. The van der Waals surface area contributed by atoms with Crippen molar-refractivity contribution in [1.29, 1.82) is 0 Å². The molecule has 0 fully saturated rings. The third-order valence-electron chi connectivity index (χ3n) is 2.05. The molecule has 1 atom stereocenters. The van der Waals surface area contributed by atoms with Crippen LogP contribution in [0.3, 0.4) is 0 Å². The number of rotatable bonds is 3. The zero-order valence-corrected chi connectivity index (χ0v) is 8.94. The van der Waals surface area contributed by atoms with Crippen molar-refractivity contribution in [3.05, 3.63) is 0 Å². The lowest BCUT2D eigenvalue weighted by atomic mass is 9.87. The van der Waals surface area contributed by atoms with Gasteiger partial charge in [0.15, 0.2) is 0 Å². The molecule has 0 aliphatic heterocycles. The van der Waals surface area contributed by atoms with Crippen LogP contribution in [0.1, 0.15) is 40.5 Å². The van der Waals surface area contributed by atoms with Gasteiger partial charge in [0.1, 0.15) is 0 Å². The molecule has 0 N–H and O–H groups in total. The molecule has 0 saturated carbocycles. The van der Waals surface area contributed by atoms with Gasteiger partial charge in [0.25, 0.3) is 0 Å². The summed E-state index contributed by atoms with van der Waals surface area (Å²) in [5.41, 5.74) is 0.463. The summed E-state index contributed by atoms with van der Waals surface area (Å²) < 4.78 is 0. The highest BCUT2D eigenvalue weighted by molar-refractivity contribution is 4.72. The second-order valence-electron chi connectivity index (χ2n) is 4.79. The largest absolute Gasteiger partial charge is 0.306 e. The molecule has 11 heavy (non-hydrogen) atoms. The zero-order chi connectivity index (χ0) is 9.07. The summed E-state index contributed by atoms with van der Waals surface area (Å²) in [6, 6.07) is 0.745. The Kier molecular flexibility index (Phi) is 4.09. The van der Waals surface area contributed by atoms with Crippen molar-refractivity contribution in [3.63, 3.8) is 0 Å². The topological polar surface area (TPSA) is 3.24 Å². The molecule has 0 spiro atoms. The van der Waals surface area contributed by atoms with Crippen LogP contribution in [0.5, 0.6) is 0 Å². The van der Waals surface area contributed by atoms with Gasteiger partial charge in [-0.15, -0.1) is 0 Å². The van der Waals surface area contributed by atoms with E-state index in [-0.39, 0.29) is 0 Å². The van der Waals surface area contributed by atoms with Crippen LogP contribution in [-0.2, 0) is 0 Å². The monoisotopic (exact) mass is 157 g/mol. The van der Waals surface area contributed by atoms with E-state index in [9.17, 15) is 0 Å². The van der Waals surface area contributed by atoms with Crippen molar-refractivity contribution in [2.75, 3.05) is 14.1 Å². The normalized spacial score (nSPS) is 15.5. The van der Waals surface area contributed by atoms with Gasteiger partial charge < -0.3 is 4.90 Å². The summed E-state index contributed by atoms with van der Waals surface area (Å²) in [6.45, 7) is 9.17. The van der Waals surface area contributed by atoms with Crippen LogP contribution in [-0.4, -0.2) is 25.0 Å². The van der Waals surface area contributed by atoms with Crippen LogP contribution in [0.4, 0.5) is 0 Å². The number of hydrogen-bond donors (Lipinski definition) is 0. The van der Waals surface area contributed by atoms with Gasteiger partial charge in [-0.2, -0.15) is 0 Å². The number of hydrogen-bond acceptors (Lipinski definition) is 1. The Morgan fingerprint density at radius 2 is 1.64 bits per heavy atom. The molecular formula is C10H23N. The van der Waals surface area contributed by atoms with Crippen molar-refractivity contribution >= 4 is 0 Å². The summed E-state index contributed by atoms with van der Waals surface area (Å²) in [4.78, 5) is 2.32. The average molecular weight is 157 g/mol. The van der Waals surface area contributed by atoms with Gasteiger partial charge in [-0.25, -0.2) is 0 Å². The lowest BCUT2D eigenvalue weighted by Crippen LogP contribution is -2.31. The van der Waals surface area contributed by atoms with Crippen molar-refractivity contribution < 1.29 is 0 Å². The molecule has 0 aromatic rings. The quantitative estimate of drug-likeness (QED) is 0.609. The third-order valence-corrected chi connectivity index (χ3v) is 2.05. The standard InChI is InChI=1S/C10H23N/c1-7-9(11(5)6)8-10(2,3)4/h9H,7-8H2,1-6H3. The Labute approximate surface area is 71.8 Å². The summed E-state index contributed by atoms with van der Waals surface area (Å²) in [7, 11) is 4.33. The Balaban J connectivity index is 3.88. The maximum Gasteiger partial charge on any atom is 0.00915 e. The highest BCUT2D eigenvalue weighted by atomic mass is 15.1. The highest BCUT2D eigenvalue weighted by Gasteiger charge is 2.18. The van der Waals surface area contributed by atoms with Gasteiger partial charge in [-0.05, 0) is 32.4 Å². The van der Waals surface area contributed by atoms with Crippen LogP contribution in [0.2, 0.25) is 0 Å². The van der Waals surface area contributed by atoms with Crippen molar-refractivity contribution in [2.45, 2.75) is 46.6 Å². The van der Waals surface area contributed by atoms with Gasteiger partial charge in [-0.3, -0.25) is 0 Å². The van der Waals surface area contributed by atoms with E-state index in [1.807, 2.05) is 0 Å². The predicted octanol–water partition coefficient (Wildman–Crippen LogP) is 2.76. The molecule has 0 rings (SSSR count). The Hall–Kier alpha value is -0.0400. The maximum atomic E-state index is 2.32. The fourth-order valence-corrected chi connectivity index (χ4v) is 1.40. The molecule has 0 aromatic carbocycles. The lowest BCUT2D eigenvalue weighted by molar-refractivity contribution is 0.204. The minimum absolute atomic E-state index is 0.463. The van der Waals surface area contributed by atoms with Crippen LogP contribution >= 0.6 is 0 Å². The van der Waals surface area contributed by atoms with Crippen LogP contribution in [0, 0.1) is 5.41 Å². The maximum absolute atomic E-state index is 2.32. The second kappa shape index (κ2) is 4.10. The first-order valence-corrected chi connectivity index (χ1v) is 4.53. The van der Waals surface area contributed by atoms with Gasteiger partial charge in [0.2, 0.25) is 0 Å². The average Bonchev–Trinajstić information content (AvgIpc) is 1.80. The Morgan fingerprint density at radius 1 is 1.18 bits per heavy atom. The van der Waals surface area contributed by atoms with E-state index < -0.39 is 0 Å². The summed E-state index contributed by atoms with van der Waals surface area (Å²) in [6.07, 6.45) is 2.54. The SMILES string of the molecule is CCC(CC(C)(C)C)N(C)C. The second-order valence-corrected chi connectivity index (χ2v) is 4.79. The van der Waals surface area contributed by atoms with Gasteiger partial charge in [-0.1, -0.05) is 27.7 Å². The van der Waals surface area contributed by atoms with Crippen LogP contribution < -0.4 is 0 Å². The smallest absolute Gasteiger partial charge is 0.00915 e. The molecule has 0 aromatic heterocycles. The van der Waals surface area contributed by atoms with Gasteiger partial charge >= 0.3 is 0 Å².